The van der Waals surface area contributed by atoms with Crippen molar-refractivity contribution in [2.45, 2.75) is 25.4 Å². The van der Waals surface area contributed by atoms with Gasteiger partial charge >= 0.3 is 0 Å². The Morgan fingerprint density at radius 3 is 2.85 bits per heavy atom. The molecule has 2 fully saturated rings. The summed E-state index contributed by atoms with van der Waals surface area (Å²) < 4.78 is 0. The van der Waals surface area contributed by atoms with Crippen LogP contribution in [0.3, 0.4) is 0 Å². The molecular formula is C15H22N4O. The highest BCUT2D eigenvalue weighted by Gasteiger charge is 2.28. The first-order valence-electron chi connectivity index (χ1n) is 7.46. The Labute approximate surface area is 120 Å². The summed E-state index contributed by atoms with van der Waals surface area (Å²) in [7, 11) is 0. The molecule has 0 aromatic carbocycles. The van der Waals surface area contributed by atoms with E-state index >= 15 is 0 Å². The van der Waals surface area contributed by atoms with Gasteiger partial charge in [-0.15, -0.1) is 0 Å². The second kappa shape index (κ2) is 6.33. The molecule has 1 aromatic rings. The van der Waals surface area contributed by atoms with Gasteiger partial charge in [-0.3, -0.25) is 14.7 Å². The lowest BCUT2D eigenvalue weighted by Gasteiger charge is -2.35. The molecule has 2 aliphatic heterocycles. The number of nitrogens with zero attached hydrogens (tertiary/aromatic N) is 3. The molecule has 0 saturated carbocycles. The molecule has 0 bridgehead atoms. The predicted molar refractivity (Wildman–Crippen MR) is 77.1 cm³/mol. The maximum Gasteiger partial charge on any atom is 0.239 e. The van der Waals surface area contributed by atoms with Gasteiger partial charge in [0.25, 0.3) is 0 Å². The van der Waals surface area contributed by atoms with Gasteiger partial charge in [0.05, 0.1) is 6.04 Å². The summed E-state index contributed by atoms with van der Waals surface area (Å²) in [5.41, 5.74) is 1.24. The van der Waals surface area contributed by atoms with Crippen molar-refractivity contribution in [3.05, 3.63) is 30.1 Å². The minimum atomic E-state index is 0.0693. The molecule has 2 saturated heterocycles. The summed E-state index contributed by atoms with van der Waals surface area (Å²) in [5, 5.41) is 3.29. The number of aromatic nitrogens is 1. The van der Waals surface area contributed by atoms with E-state index in [1.165, 1.54) is 5.56 Å². The van der Waals surface area contributed by atoms with Crippen molar-refractivity contribution in [2.75, 3.05) is 32.7 Å². The van der Waals surface area contributed by atoms with E-state index in [1.807, 2.05) is 17.2 Å². The summed E-state index contributed by atoms with van der Waals surface area (Å²) in [4.78, 5) is 20.9. The lowest BCUT2D eigenvalue weighted by atomic mass is 10.1. The molecule has 0 unspecified atom stereocenters. The number of nitrogens with one attached hydrogen (secondary N) is 1. The predicted octanol–water partition coefficient (Wildman–Crippen LogP) is 0.478. The molecule has 1 aromatic heterocycles. The van der Waals surface area contributed by atoms with Crippen LogP contribution in [0.15, 0.2) is 24.5 Å². The van der Waals surface area contributed by atoms with Crippen molar-refractivity contribution in [3.8, 4) is 0 Å². The van der Waals surface area contributed by atoms with Crippen LogP contribution in [0.2, 0.25) is 0 Å². The fourth-order valence-electron chi connectivity index (χ4n) is 2.99. The van der Waals surface area contributed by atoms with Crippen molar-refractivity contribution < 1.29 is 4.79 Å². The van der Waals surface area contributed by atoms with Crippen LogP contribution in [0.25, 0.3) is 0 Å². The first-order chi connectivity index (χ1) is 9.83. The molecule has 2 aliphatic rings. The molecular weight excluding hydrogens is 252 g/mol. The molecule has 1 atom stereocenters. The Kier molecular flexibility index (Phi) is 4.28. The third-order valence-electron chi connectivity index (χ3n) is 4.17. The topological polar surface area (TPSA) is 48.5 Å². The van der Waals surface area contributed by atoms with Crippen LogP contribution in [0, 0.1) is 0 Å². The fraction of sp³-hybridized carbons (Fsp3) is 0.600. The third-order valence-corrected chi connectivity index (χ3v) is 4.17. The van der Waals surface area contributed by atoms with E-state index in [-0.39, 0.29) is 6.04 Å². The highest BCUT2D eigenvalue weighted by atomic mass is 16.2. The number of piperazine rings is 1. The van der Waals surface area contributed by atoms with Crippen molar-refractivity contribution in [1.29, 1.82) is 0 Å². The highest BCUT2D eigenvalue weighted by molar-refractivity contribution is 5.82. The van der Waals surface area contributed by atoms with Crippen LogP contribution in [0.1, 0.15) is 18.4 Å². The third kappa shape index (κ3) is 3.16. The van der Waals surface area contributed by atoms with Crippen LogP contribution in [0.4, 0.5) is 0 Å². The Bertz CT molecular complexity index is 436. The maximum absolute atomic E-state index is 12.3. The number of rotatable bonds is 3. The zero-order chi connectivity index (χ0) is 13.8. The number of hydrogen-bond acceptors (Lipinski definition) is 4. The largest absolute Gasteiger partial charge is 0.339 e. The van der Waals surface area contributed by atoms with E-state index in [9.17, 15) is 4.79 Å². The van der Waals surface area contributed by atoms with Crippen LogP contribution >= 0.6 is 0 Å². The number of pyridine rings is 1. The second-order valence-electron chi connectivity index (χ2n) is 5.61. The summed E-state index contributed by atoms with van der Waals surface area (Å²) in [6, 6.07) is 4.15. The minimum absolute atomic E-state index is 0.0693. The molecule has 5 heteroatoms. The number of carbonyl (C=O) groups excluding carboxylic acids is 1. The molecule has 108 valence electrons. The van der Waals surface area contributed by atoms with Crippen LogP contribution in [0.5, 0.6) is 0 Å². The van der Waals surface area contributed by atoms with Crippen LogP contribution in [-0.2, 0) is 11.3 Å². The van der Waals surface area contributed by atoms with Gasteiger partial charge in [0.1, 0.15) is 0 Å². The molecule has 0 spiro atoms. The van der Waals surface area contributed by atoms with Gasteiger partial charge < -0.3 is 10.2 Å². The Balaban J connectivity index is 1.48. The van der Waals surface area contributed by atoms with Gasteiger partial charge in [0.2, 0.25) is 5.91 Å². The van der Waals surface area contributed by atoms with Crippen molar-refractivity contribution >= 4 is 5.91 Å². The number of amides is 1. The molecule has 1 amide bonds. The summed E-state index contributed by atoms with van der Waals surface area (Å²) >= 11 is 0. The number of carbonyl (C=O) groups is 1. The lowest BCUT2D eigenvalue weighted by molar-refractivity contribution is -0.134. The average molecular weight is 274 g/mol. The molecule has 3 rings (SSSR count). The summed E-state index contributed by atoms with van der Waals surface area (Å²) in [5.74, 6) is 0.295. The van der Waals surface area contributed by atoms with E-state index in [0.717, 1.165) is 52.1 Å². The molecule has 5 nitrogen and oxygen atoms in total. The minimum Gasteiger partial charge on any atom is -0.339 e. The summed E-state index contributed by atoms with van der Waals surface area (Å²) in [6.07, 6.45) is 5.83. The van der Waals surface area contributed by atoms with E-state index in [4.69, 9.17) is 0 Å². The Morgan fingerprint density at radius 1 is 1.35 bits per heavy atom. The van der Waals surface area contributed by atoms with Crippen molar-refractivity contribution in [2.24, 2.45) is 0 Å². The highest BCUT2D eigenvalue weighted by Crippen LogP contribution is 2.12. The first-order valence-corrected chi connectivity index (χ1v) is 7.46. The fourth-order valence-corrected chi connectivity index (χ4v) is 2.99. The molecule has 1 N–H and O–H groups in total. The molecule has 20 heavy (non-hydrogen) atoms. The van der Waals surface area contributed by atoms with Crippen LogP contribution in [-0.4, -0.2) is 59.5 Å². The smallest absolute Gasteiger partial charge is 0.239 e. The van der Waals surface area contributed by atoms with E-state index in [0.29, 0.717) is 5.91 Å². The van der Waals surface area contributed by atoms with Crippen LogP contribution < -0.4 is 5.32 Å². The van der Waals surface area contributed by atoms with Crippen molar-refractivity contribution in [1.82, 2.24) is 20.1 Å². The standard InChI is InChI=1S/C15H22N4O/c20-15(14-4-2-6-17-14)19-9-7-18(8-10-19)12-13-3-1-5-16-11-13/h1,3,5,11,14,17H,2,4,6-10,12H2/t14-/m0/s1. The lowest BCUT2D eigenvalue weighted by Crippen LogP contribution is -2.52. The summed E-state index contributed by atoms with van der Waals surface area (Å²) in [6.45, 7) is 5.50. The quantitative estimate of drug-likeness (QED) is 0.871. The van der Waals surface area contributed by atoms with Gasteiger partial charge in [0, 0.05) is 45.1 Å². The van der Waals surface area contributed by atoms with Crippen molar-refractivity contribution in [3.63, 3.8) is 0 Å². The average Bonchev–Trinajstić information content (AvgIpc) is 3.03. The molecule has 3 heterocycles. The van der Waals surface area contributed by atoms with E-state index < -0.39 is 0 Å². The molecule has 0 aliphatic carbocycles. The Morgan fingerprint density at radius 2 is 2.20 bits per heavy atom. The Hall–Kier alpha value is -1.46. The molecule has 0 radical (unpaired) electrons. The first kappa shape index (κ1) is 13.5. The van der Waals surface area contributed by atoms with E-state index in [2.05, 4.69) is 21.3 Å². The normalized spacial score (nSPS) is 24.0. The monoisotopic (exact) mass is 274 g/mol. The second-order valence-corrected chi connectivity index (χ2v) is 5.61. The zero-order valence-corrected chi connectivity index (χ0v) is 11.8. The zero-order valence-electron chi connectivity index (χ0n) is 11.8. The van der Waals surface area contributed by atoms with Gasteiger partial charge in [-0.1, -0.05) is 6.07 Å². The van der Waals surface area contributed by atoms with Gasteiger partial charge in [-0.25, -0.2) is 0 Å². The van der Waals surface area contributed by atoms with E-state index in [1.54, 1.807) is 6.20 Å². The number of hydrogen-bond donors (Lipinski definition) is 1. The van der Waals surface area contributed by atoms with Gasteiger partial charge in [-0.05, 0) is 31.0 Å². The van der Waals surface area contributed by atoms with Gasteiger partial charge in [-0.2, -0.15) is 0 Å². The van der Waals surface area contributed by atoms with Gasteiger partial charge in [0.15, 0.2) is 0 Å². The maximum atomic E-state index is 12.3. The SMILES string of the molecule is O=C([C@@H]1CCCN1)N1CCN(Cc2cccnc2)CC1.